The highest BCUT2D eigenvalue weighted by Gasteiger charge is 2.10. The molecule has 0 saturated carbocycles. The Morgan fingerprint density at radius 1 is 1.35 bits per heavy atom. The highest BCUT2D eigenvalue weighted by molar-refractivity contribution is 7.98. The molecule has 0 aliphatic carbocycles. The quantitative estimate of drug-likeness (QED) is 0.731. The number of thiazole rings is 1. The number of hydrogen-bond acceptors (Lipinski definition) is 7. The molecule has 3 aromatic rings. The maximum absolute atomic E-state index is 9.08. The second-order valence-corrected chi connectivity index (χ2v) is 6.77. The third kappa shape index (κ3) is 2.78. The van der Waals surface area contributed by atoms with Gasteiger partial charge in [-0.15, -0.1) is 32.9 Å². The molecule has 0 bridgehead atoms. The Kier molecular flexibility index (Phi) is 4.16. The summed E-state index contributed by atoms with van der Waals surface area (Å²) >= 11 is 4.93. The number of hydrogen-bond donors (Lipinski definition) is 1. The summed E-state index contributed by atoms with van der Waals surface area (Å²) in [6.45, 7) is -0.0940. The molecule has 104 valence electrons. The van der Waals surface area contributed by atoms with E-state index >= 15 is 0 Å². The first-order valence-corrected chi connectivity index (χ1v) is 8.62. The molecule has 0 spiro atoms. The third-order valence-electron chi connectivity index (χ3n) is 2.70. The van der Waals surface area contributed by atoms with Crippen LogP contribution in [0.3, 0.4) is 0 Å². The highest BCUT2D eigenvalue weighted by Crippen LogP contribution is 2.30. The summed E-state index contributed by atoms with van der Waals surface area (Å²) < 4.78 is 1.80. The molecule has 0 fully saturated rings. The van der Waals surface area contributed by atoms with E-state index in [-0.39, 0.29) is 6.61 Å². The van der Waals surface area contributed by atoms with E-state index in [1.54, 1.807) is 39.0 Å². The molecule has 0 aliphatic heterocycles. The van der Waals surface area contributed by atoms with Crippen molar-refractivity contribution >= 4 is 34.4 Å². The molecule has 1 N–H and O–H groups in total. The van der Waals surface area contributed by atoms with Crippen LogP contribution in [0.2, 0.25) is 0 Å². The second-order valence-electron chi connectivity index (χ2n) is 4.03. The van der Waals surface area contributed by atoms with Gasteiger partial charge in [-0.3, -0.25) is 0 Å². The minimum absolute atomic E-state index is 0.0940. The molecule has 3 heterocycles. The highest BCUT2D eigenvalue weighted by atomic mass is 32.2. The molecule has 0 aromatic carbocycles. The monoisotopic (exact) mass is 324 g/mol. The lowest BCUT2D eigenvalue weighted by Gasteiger charge is -2.00. The summed E-state index contributed by atoms with van der Waals surface area (Å²) in [5, 5.41) is 23.0. The van der Waals surface area contributed by atoms with Crippen LogP contribution in [0.25, 0.3) is 9.88 Å². The Bertz CT molecular complexity index is 689. The van der Waals surface area contributed by atoms with E-state index in [1.165, 1.54) is 4.88 Å². The van der Waals surface area contributed by atoms with Crippen molar-refractivity contribution in [3.05, 3.63) is 34.4 Å². The number of aromatic nitrogens is 4. The predicted molar refractivity (Wildman–Crippen MR) is 81.9 cm³/mol. The van der Waals surface area contributed by atoms with Crippen molar-refractivity contribution in [2.75, 3.05) is 0 Å². The minimum atomic E-state index is -0.0940. The first-order chi connectivity index (χ1) is 9.78. The molecule has 0 amide bonds. The Morgan fingerprint density at radius 3 is 2.95 bits per heavy atom. The minimum Gasteiger partial charge on any atom is -0.388 e. The summed E-state index contributed by atoms with van der Waals surface area (Å²) in [5.41, 5.74) is 1.04. The standard InChI is InChI=1S/C12H12N4OS3/c1-16-10(5-17)14-15-12(16)20-7-8-6-19-11(13-8)9-3-2-4-18-9/h2-4,6,17H,5,7H2,1H3. The van der Waals surface area contributed by atoms with Crippen molar-refractivity contribution in [2.45, 2.75) is 17.5 Å². The molecule has 0 unspecified atom stereocenters. The lowest BCUT2D eigenvalue weighted by atomic mass is 10.5. The molecule has 5 nitrogen and oxygen atoms in total. The van der Waals surface area contributed by atoms with Gasteiger partial charge in [-0.1, -0.05) is 17.8 Å². The number of rotatable bonds is 5. The Balaban J connectivity index is 1.68. The summed E-state index contributed by atoms with van der Waals surface area (Å²) in [4.78, 5) is 5.83. The van der Waals surface area contributed by atoms with Gasteiger partial charge < -0.3 is 9.67 Å². The van der Waals surface area contributed by atoms with Crippen molar-refractivity contribution in [3.63, 3.8) is 0 Å². The van der Waals surface area contributed by atoms with Crippen molar-refractivity contribution in [1.29, 1.82) is 0 Å². The van der Waals surface area contributed by atoms with E-state index < -0.39 is 0 Å². The average molecular weight is 324 g/mol. The maximum Gasteiger partial charge on any atom is 0.191 e. The van der Waals surface area contributed by atoms with Crippen LogP contribution >= 0.6 is 34.4 Å². The summed E-state index contributed by atoms with van der Waals surface area (Å²) in [6, 6.07) is 4.11. The van der Waals surface area contributed by atoms with E-state index in [0.29, 0.717) is 5.82 Å². The molecule has 0 atom stereocenters. The van der Waals surface area contributed by atoms with Crippen LogP contribution in [0.15, 0.2) is 28.0 Å². The number of thioether (sulfide) groups is 1. The average Bonchev–Trinajstić information content (AvgIpc) is 3.17. The van der Waals surface area contributed by atoms with Crippen molar-refractivity contribution < 1.29 is 5.11 Å². The van der Waals surface area contributed by atoms with Crippen molar-refractivity contribution in [1.82, 2.24) is 19.7 Å². The number of thiophene rings is 1. The Labute approximate surface area is 128 Å². The van der Waals surface area contributed by atoms with E-state index in [2.05, 4.69) is 32.0 Å². The van der Waals surface area contributed by atoms with Crippen molar-refractivity contribution in [3.8, 4) is 9.88 Å². The zero-order valence-corrected chi connectivity index (χ0v) is 13.1. The molecule has 20 heavy (non-hydrogen) atoms. The van der Waals surface area contributed by atoms with Gasteiger partial charge in [0.1, 0.15) is 11.6 Å². The predicted octanol–water partition coefficient (Wildman–Crippen LogP) is 2.78. The first kappa shape index (κ1) is 13.7. The first-order valence-electron chi connectivity index (χ1n) is 5.88. The fraction of sp³-hybridized carbons (Fsp3) is 0.250. The largest absolute Gasteiger partial charge is 0.388 e. The smallest absolute Gasteiger partial charge is 0.191 e. The molecule has 0 aliphatic rings. The van der Waals surface area contributed by atoms with Crippen LogP contribution in [-0.4, -0.2) is 24.9 Å². The van der Waals surface area contributed by atoms with Gasteiger partial charge in [0, 0.05) is 18.2 Å². The molecule has 3 rings (SSSR count). The fourth-order valence-corrected chi connectivity index (χ4v) is 4.20. The molecular weight excluding hydrogens is 312 g/mol. The topological polar surface area (TPSA) is 63.8 Å². The third-order valence-corrected chi connectivity index (χ3v) is 5.68. The van der Waals surface area contributed by atoms with Crippen LogP contribution in [0.5, 0.6) is 0 Å². The van der Waals surface area contributed by atoms with Gasteiger partial charge in [0.15, 0.2) is 11.0 Å². The van der Waals surface area contributed by atoms with E-state index in [9.17, 15) is 0 Å². The van der Waals surface area contributed by atoms with Crippen molar-refractivity contribution in [2.24, 2.45) is 7.05 Å². The number of aliphatic hydroxyl groups is 1. The van der Waals surface area contributed by atoms with Gasteiger partial charge in [-0.25, -0.2) is 4.98 Å². The van der Waals surface area contributed by atoms with E-state index in [0.717, 1.165) is 21.6 Å². The normalized spacial score (nSPS) is 11.1. The van der Waals surface area contributed by atoms with Gasteiger partial charge in [0.25, 0.3) is 0 Å². The lowest BCUT2D eigenvalue weighted by Crippen LogP contribution is -1.98. The maximum atomic E-state index is 9.08. The molecule has 0 radical (unpaired) electrons. The Morgan fingerprint density at radius 2 is 2.25 bits per heavy atom. The summed E-state index contributed by atoms with van der Waals surface area (Å²) in [6.07, 6.45) is 0. The van der Waals surface area contributed by atoms with E-state index in [4.69, 9.17) is 5.11 Å². The molecular formula is C12H12N4OS3. The molecule has 8 heteroatoms. The summed E-state index contributed by atoms with van der Waals surface area (Å²) in [7, 11) is 1.85. The fourth-order valence-electron chi connectivity index (χ4n) is 1.63. The van der Waals surface area contributed by atoms with Crippen LogP contribution in [-0.2, 0) is 19.4 Å². The molecule has 0 saturated heterocycles. The number of aliphatic hydroxyl groups excluding tert-OH is 1. The summed E-state index contributed by atoms with van der Waals surface area (Å²) in [5.74, 6) is 1.32. The van der Waals surface area contributed by atoms with Crippen LogP contribution in [0, 0.1) is 0 Å². The SMILES string of the molecule is Cn1c(CO)nnc1SCc1csc(-c2cccs2)n1. The van der Waals surface area contributed by atoms with Crippen LogP contribution in [0.4, 0.5) is 0 Å². The zero-order valence-electron chi connectivity index (χ0n) is 10.7. The molecule has 3 aromatic heterocycles. The lowest BCUT2D eigenvalue weighted by molar-refractivity contribution is 0.266. The zero-order chi connectivity index (χ0) is 13.9. The van der Waals surface area contributed by atoms with Crippen LogP contribution < -0.4 is 0 Å². The van der Waals surface area contributed by atoms with Gasteiger partial charge >= 0.3 is 0 Å². The van der Waals surface area contributed by atoms with Gasteiger partial charge in [-0.05, 0) is 11.4 Å². The number of nitrogens with zero attached hydrogens (tertiary/aromatic N) is 4. The van der Waals surface area contributed by atoms with Gasteiger partial charge in [0.2, 0.25) is 0 Å². The van der Waals surface area contributed by atoms with Gasteiger partial charge in [0.05, 0.1) is 10.6 Å². The second kappa shape index (κ2) is 6.04. The van der Waals surface area contributed by atoms with Crippen LogP contribution in [0.1, 0.15) is 11.5 Å². The van der Waals surface area contributed by atoms with E-state index in [1.807, 2.05) is 13.1 Å². The van der Waals surface area contributed by atoms with Gasteiger partial charge in [-0.2, -0.15) is 0 Å². The Hall–Kier alpha value is -1.22.